The summed E-state index contributed by atoms with van der Waals surface area (Å²) in [5.74, 6) is 0.608. The fourth-order valence-electron chi connectivity index (χ4n) is 3.14. The molecule has 0 unspecified atom stereocenters. The van der Waals surface area contributed by atoms with E-state index in [1.165, 1.54) is 23.3 Å². The van der Waals surface area contributed by atoms with E-state index in [2.05, 4.69) is 25.1 Å². The number of carbonyl (C=O) groups excluding carboxylic acids is 2. The highest BCUT2D eigenvalue weighted by Gasteiger charge is 2.25. The van der Waals surface area contributed by atoms with Gasteiger partial charge in [0.05, 0.1) is 16.3 Å². The lowest BCUT2D eigenvalue weighted by atomic mass is 10.1. The Morgan fingerprint density at radius 1 is 1.07 bits per heavy atom. The molecule has 1 heterocycles. The maximum Gasteiger partial charge on any atom is 0.255 e. The molecule has 2 aromatic carbocycles. The first-order chi connectivity index (χ1) is 13.4. The Balaban J connectivity index is 1.46. The van der Waals surface area contributed by atoms with Crippen molar-refractivity contribution in [3.05, 3.63) is 70.0 Å². The second-order valence-corrected chi connectivity index (χ2v) is 8.17. The van der Waals surface area contributed by atoms with Crippen LogP contribution >= 0.6 is 23.4 Å². The van der Waals surface area contributed by atoms with Gasteiger partial charge in [-0.25, -0.2) is 4.39 Å². The lowest BCUT2D eigenvalue weighted by Crippen LogP contribution is -2.51. The number of aryl methyl sites for hydroxylation is 1. The van der Waals surface area contributed by atoms with Crippen molar-refractivity contribution in [3.63, 3.8) is 0 Å². The van der Waals surface area contributed by atoms with E-state index in [1.54, 1.807) is 21.6 Å². The second kappa shape index (κ2) is 9.43. The summed E-state index contributed by atoms with van der Waals surface area (Å²) in [6.45, 7) is 3.93. The number of amides is 2. The number of benzene rings is 2. The summed E-state index contributed by atoms with van der Waals surface area (Å²) in [7, 11) is 0. The molecule has 0 atom stereocenters. The molecule has 0 aromatic heterocycles. The zero-order valence-electron chi connectivity index (χ0n) is 15.7. The van der Waals surface area contributed by atoms with Crippen LogP contribution in [0.4, 0.5) is 4.39 Å². The Kier molecular flexibility index (Phi) is 6.97. The highest BCUT2D eigenvalue weighted by Crippen LogP contribution is 2.20. The van der Waals surface area contributed by atoms with Crippen LogP contribution in [-0.4, -0.2) is 53.5 Å². The third kappa shape index (κ3) is 5.26. The summed E-state index contributed by atoms with van der Waals surface area (Å²) < 4.78 is 13.2. The van der Waals surface area contributed by atoms with Gasteiger partial charge in [0.15, 0.2) is 0 Å². The molecule has 0 N–H and O–H groups in total. The number of nitrogens with zero attached hydrogens (tertiary/aromatic N) is 2. The van der Waals surface area contributed by atoms with Gasteiger partial charge >= 0.3 is 0 Å². The van der Waals surface area contributed by atoms with Crippen molar-refractivity contribution < 1.29 is 14.0 Å². The van der Waals surface area contributed by atoms with Crippen molar-refractivity contribution in [2.75, 3.05) is 31.9 Å². The molecule has 4 nitrogen and oxygen atoms in total. The van der Waals surface area contributed by atoms with E-state index >= 15 is 0 Å². The minimum atomic E-state index is -0.472. The number of hydrogen-bond acceptors (Lipinski definition) is 3. The smallest absolute Gasteiger partial charge is 0.255 e. The quantitative estimate of drug-likeness (QED) is 0.733. The average molecular weight is 421 g/mol. The van der Waals surface area contributed by atoms with E-state index in [4.69, 9.17) is 11.6 Å². The van der Waals surface area contributed by atoms with E-state index in [0.717, 1.165) is 11.8 Å². The van der Waals surface area contributed by atoms with Crippen molar-refractivity contribution in [1.82, 2.24) is 9.80 Å². The number of carbonyl (C=O) groups is 2. The van der Waals surface area contributed by atoms with Crippen molar-refractivity contribution >= 4 is 35.2 Å². The molecule has 1 fully saturated rings. The molecule has 28 heavy (non-hydrogen) atoms. The zero-order chi connectivity index (χ0) is 20.1. The van der Waals surface area contributed by atoms with Crippen molar-refractivity contribution in [2.45, 2.75) is 12.7 Å². The monoisotopic (exact) mass is 420 g/mol. The fraction of sp³-hybridized carbons (Fsp3) is 0.333. The van der Waals surface area contributed by atoms with Crippen LogP contribution in [0.15, 0.2) is 42.5 Å². The third-order valence-corrected chi connectivity index (χ3v) is 5.96. The normalized spacial score (nSPS) is 14.2. The number of thioether (sulfide) groups is 1. The van der Waals surface area contributed by atoms with Gasteiger partial charge in [-0.05, 0) is 30.7 Å². The number of halogens is 2. The van der Waals surface area contributed by atoms with Crippen LogP contribution in [-0.2, 0) is 10.5 Å². The summed E-state index contributed by atoms with van der Waals surface area (Å²) in [6, 6.07) is 12.0. The molecular formula is C21H22ClFN2O2S. The summed E-state index contributed by atoms with van der Waals surface area (Å²) in [5, 5.41) is 0.107. The summed E-state index contributed by atoms with van der Waals surface area (Å²) >= 11 is 7.58. The van der Waals surface area contributed by atoms with Gasteiger partial charge in [-0.2, -0.15) is 0 Å². The van der Waals surface area contributed by atoms with Gasteiger partial charge in [0.2, 0.25) is 5.91 Å². The number of rotatable bonds is 5. The van der Waals surface area contributed by atoms with Gasteiger partial charge in [-0.15, -0.1) is 11.8 Å². The van der Waals surface area contributed by atoms with Crippen LogP contribution in [0.1, 0.15) is 21.5 Å². The van der Waals surface area contributed by atoms with Crippen LogP contribution in [0.3, 0.4) is 0 Å². The van der Waals surface area contributed by atoms with E-state index < -0.39 is 5.82 Å². The van der Waals surface area contributed by atoms with Crippen LogP contribution in [0.5, 0.6) is 0 Å². The molecule has 0 spiro atoms. The number of piperazine rings is 1. The highest BCUT2D eigenvalue weighted by atomic mass is 35.5. The molecule has 1 aliphatic heterocycles. The Morgan fingerprint density at radius 3 is 2.46 bits per heavy atom. The highest BCUT2D eigenvalue weighted by molar-refractivity contribution is 7.99. The molecule has 1 aliphatic rings. The molecule has 148 valence electrons. The lowest BCUT2D eigenvalue weighted by Gasteiger charge is -2.35. The molecular weight excluding hydrogens is 399 g/mol. The van der Waals surface area contributed by atoms with Crippen LogP contribution < -0.4 is 0 Å². The predicted octanol–water partition coefficient (Wildman–Crippen LogP) is 4.01. The Labute approximate surface area is 173 Å². The van der Waals surface area contributed by atoms with Crippen LogP contribution in [0.25, 0.3) is 0 Å². The second-order valence-electron chi connectivity index (χ2n) is 6.78. The molecule has 0 bridgehead atoms. The Morgan fingerprint density at radius 2 is 1.79 bits per heavy atom. The first kappa shape index (κ1) is 20.7. The predicted molar refractivity (Wildman–Crippen MR) is 111 cm³/mol. The van der Waals surface area contributed by atoms with E-state index in [1.807, 2.05) is 6.07 Å². The average Bonchev–Trinajstić information content (AvgIpc) is 2.67. The Hall–Kier alpha value is -2.05. The third-order valence-electron chi connectivity index (χ3n) is 4.66. The summed E-state index contributed by atoms with van der Waals surface area (Å²) in [4.78, 5) is 28.5. The SMILES string of the molecule is Cc1cccc(CSCC(=O)N2CCN(C(=O)c3ccc(F)cc3Cl)CC2)c1. The first-order valence-corrected chi connectivity index (χ1v) is 10.6. The molecule has 1 saturated heterocycles. The molecule has 0 radical (unpaired) electrons. The largest absolute Gasteiger partial charge is 0.338 e. The summed E-state index contributed by atoms with van der Waals surface area (Å²) in [6.07, 6.45) is 0. The van der Waals surface area contributed by atoms with Crippen LogP contribution in [0.2, 0.25) is 5.02 Å². The maximum absolute atomic E-state index is 13.2. The molecule has 7 heteroatoms. The fourth-order valence-corrected chi connectivity index (χ4v) is 4.26. The van der Waals surface area contributed by atoms with Crippen molar-refractivity contribution in [1.29, 1.82) is 0 Å². The van der Waals surface area contributed by atoms with Gasteiger partial charge in [0.1, 0.15) is 5.82 Å². The molecule has 3 rings (SSSR count). The molecule has 0 saturated carbocycles. The van der Waals surface area contributed by atoms with Gasteiger partial charge in [0.25, 0.3) is 5.91 Å². The van der Waals surface area contributed by atoms with Gasteiger partial charge in [0, 0.05) is 31.9 Å². The molecule has 0 aliphatic carbocycles. The zero-order valence-corrected chi connectivity index (χ0v) is 17.2. The molecule has 2 amide bonds. The standard InChI is InChI=1S/C21H22ClFN2O2S/c1-15-3-2-4-16(11-15)13-28-14-20(26)24-7-9-25(10-8-24)21(27)18-6-5-17(23)12-19(18)22/h2-6,11-12H,7-10,13-14H2,1H3. The van der Waals surface area contributed by atoms with E-state index in [0.29, 0.717) is 31.9 Å². The molecule has 2 aromatic rings. The Bertz CT molecular complexity index is 869. The maximum atomic E-state index is 13.2. The number of hydrogen-bond donors (Lipinski definition) is 0. The lowest BCUT2D eigenvalue weighted by molar-refractivity contribution is -0.129. The topological polar surface area (TPSA) is 40.6 Å². The van der Waals surface area contributed by atoms with E-state index in [-0.39, 0.29) is 22.4 Å². The van der Waals surface area contributed by atoms with Gasteiger partial charge in [-0.1, -0.05) is 41.4 Å². The minimum absolute atomic E-state index is 0.0876. The van der Waals surface area contributed by atoms with Crippen molar-refractivity contribution in [3.8, 4) is 0 Å². The van der Waals surface area contributed by atoms with Gasteiger partial charge < -0.3 is 9.80 Å². The minimum Gasteiger partial charge on any atom is -0.338 e. The van der Waals surface area contributed by atoms with Crippen molar-refractivity contribution in [2.24, 2.45) is 0 Å². The summed E-state index contributed by atoms with van der Waals surface area (Å²) in [5.41, 5.74) is 2.72. The first-order valence-electron chi connectivity index (χ1n) is 9.09. The van der Waals surface area contributed by atoms with E-state index in [9.17, 15) is 14.0 Å². The van der Waals surface area contributed by atoms with Gasteiger partial charge in [-0.3, -0.25) is 9.59 Å². The van der Waals surface area contributed by atoms with Crippen LogP contribution in [0, 0.1) is 12.7 Å².